The van der Waals surface area contributed by atoms with Gasteiger partial charge in [0.15, 0.2) is 23.1 Å². The number of anilines is 2. The van der Waals surface area contributed by atoms with Gasteiger partial charge < -0.3 is 18.6 Å². The monoisotopic (exact) mass is 667 g/mol. The van der Waals surface area contributed by atoms with Gasteiger partial charge in [0.1, 0.15) is 18.6 Å². The molecule has 240 valence electrons. The number of nitrogens with zero attached hydrogens (tertiary/aromatic N) is 5. The number of aromatic nitrogens is 4. The van der Waals surface area contributed by atoms with E-state index in [9.17, 15) is 0 Å². The molecule has 0 fully saturated rings. The first-order valence-corrected chi connectivity index (χ1v) is 17.5. The minimum Gasteiger partial charge on any atom is -0.493 e. The Hall–Kier alpha value is -4.77. The second-order valence-electron chi connectivity index (χ2n) is 12.0. The summed E-state index contributed by atoms with van der Waals surface area (Å²) in [5, 5.41) is 3.96. The van der Waals surface area contributed by atoms with Crippen molar-refractivity contribution in [1.29, 1.82) is 0 Å². The molecule has 6 rings (SSSR count). The number of ether oxygens (including phenoxy) is 2. The second kappa shape index (κ2) is 13.5. The van der Waals surface area contributed by atoms with Crippen LogP contribution in [0.15, 0.2) is 116 Å². The van der Waals surface area contributed by atoms with Gasteiger partial charge in [-0.2, -0.15) is 0 Å². The van der Waals surface area contributed by atoms with E-state index in [4.69, 9.17) is 30.6 Å². The molecule has 2 aromatic heterocycles. The zero-order valence-corrected chi connectivity index (χ0v) is 28.4. The summed E-state index contributed by atoms with van der Waals surface area (Å²) in [6.07, 6.45) is 6.77. The molecule has 0 unspecified atom stereocenters. The number of imidazole rings is 1. The topological polar surface area (TPSA) is 74.5 Å². The van der Waals surface area contributed by atoms with E-state index in [1.165, 1.54) is 17.5 Å². The molecule has 47 heavy (non-hydrogen) atoms. The Labute approximate surface area is 279 Å². The zero-order chi connectivity index (χ0) is 33.0. The van der Waals surface area contributed by atoms with Gasteiger partial charge in [-0.05, 0) is 39.7 Å². The second-order valence-corrected chi connectivity index (χ2v) is 16.6. The Bertz CT molecular complexity index is 1920. The van der Waals surface area contributed by atoms with Gasteiger partial charge >= 0.3 is 0 Å². The molecule has 0 saturated carbocycles. The maximum Gasteiger partial charge on any atom is 0.296 e. The number of fused-ring (bicyclic) bond motifs is 1. The number of halogens is 2. The summed E-state index contributed by atoms with van der Waals surface area (Å²) in [6.45, 7) is 7.46. The molecule has 0 radical (unpaired) electrons. The standard InChI is InChI=1S/C36H35ClFN5O3Si/c1-36(2,3)47(27-11-7-5-8-12-27,28-13-9-6-10-14-28)46-43(32-16-15-26(37)21-30(32)38)35-29-22-33(44-4)34(23-31(29)40-24-41-35)45-20-19-42-18-17-39-25-42/h5-18,21-25H,19-20H2,1-4H3. The van der Waals surface area contributed by atoms with Crippen molar-refractivity contribution in [2.24, 2.45) is 0 Å². The first-order chi connectivity index (χ1) is 22.7. The number of hydrogen-bond donors (Lipinski definition) is 0. The molecule has 0 atom stereocenters. The third-order valence-electron chi connectivity index (χ3n) is 8.03. The van der Waals surface area contributed by atoms with Gasteiger partial charge in [-0.15, -0.1) is 0 Å². The van der Waals surface area contributed by atoms with Gasteiger partial charge in [-0.25, -0.2) is 24.4 Å². The van der Waals surface area contributed by atoms with Crippen molar-refractivity contribution in [3.05, 3.63) is 127 Å². The molecule has 2 heterocycles. The van der Waals surface area contributed by atoms with Crippen molar-refractivity contribution in [1.82, 2.24) is 19.5 Å². The molecule has 8 nitrogen and oxygen atoms in total. The largest absolute Gasteiger partial charge is 0.493 e. The van der Waals surface area contributed by atoms with E-state index in [0.717, 1.165) is 10.4 Å². The smallest absolute Gasteiger partial charge is 0.296 e. The Morgan fingerprint density at radius 1 is 0.894 bits per heavy atom. The molecule has 0 spiro atoms. The summed E-state index contributed by atoms with van der Waals surface area (Å²) in [5.74, 6) is 0.768. The fraction of sp³-hybridized carbons (Fsp3) is 0.194. The van der Waals surface area contributed by atoms with Crippen LogP contribution in [0.2, 0.25) is 10.1 Å². The molecule has 0 aliphatic carbocycles. The summed E-state index contributed by atoms with van der Waals surface area (Å²) in [6, 6.07) is 28.4. The van der Waals surface area contributed by atoms with Gasteiger partial charge in [0.2, 0.25) is 0 Å². The lowest BCUT2D eigenvalue weighted by molar-refractivity contribution is 0.280. The van der Waals surface area contributed by atoms with Crippen molar-refractivity contribution < 1.29 is 18.4 Å². The van der Waals surface area contributed by atoms with E-state index < -0.39 is 19.2 Å². The maximum atomic E-state index is 16.0. The number of methoxy groups -OCH3 is 1. The lowest BCUT2D eigenvalue weighted by Gasteiger charge is -2.45. The fourth-order valence-corrected chi connectivity index (χ4v) is 10.3. The average molecular weight is 668 g/mol. The minimum absolute atomic E-state index is 0.155. The number of hydrogen-bond acceptors (Lipinski definition) is 7. The lowest BCUT2D eigenvalue weighted by Crippen LogP contribution is -2.68. The van der Waals surface area contributed by atoms with Crippen LogP contribution in [0.25, 0.3) is 10.9 Å². The molecule has 6 aromatic rings. The molecular formula is C36H35ClFN5O3Si. The highest BCUT2D eigenvalue weighted by Gasteiger charge is 2.53. The van der Waals surface area contributed by atoms with Crippen molar-refractivity contribution in [3.63, 3.8) is 0 Å². The SMILES string of the molecule is COc1cc2c(N(O[Si](c3ccccc3)(c3ccccc3)C(C)(C)C)c3ccc(Cl)cc3F)ncnc2cc1OCCn1ccnc1. The number of rotatable bonds is 11. The Morgan fingerprint density at radius 3 is 2.19 bits per heavy atom. The third kappa shape index (κ3) is 6.44. The minimum atomic E-state index is -3.28. The van der Waals surface area contributed by atoms with E-state index in [1.54, 1.807) is 43.9 Å². The van der Waals surface area contributed by atoms with E-state index >= 15 is 4.39 Å². The van der Waals surface area contributed by atoms with Gasteiger partial charge in [0.05, 0.1) is 25.5 Å². The van der Waals surface area contributed by atoms with Gasteiger partial charge in [0, 0.05) is 28.9 Å². The molecule has 0 aliphatic heterocycles. The van der Waals surface area contributed by atoms with Crippen LogP contribution in [0.3, 0.4) is 0 Å². The van der Waals surface area contributed by atoms with E-state index in [0.29, 0.717) is 41.4 Å². The van der Waals surface area contributed by atoms with E-state index in [2.05, 4.69) is 55.0 Å². The van der Waals surface area contributed by atoms with Crippen LogP contribution in [0.4, 0.5) is 15.9 Å². The van der Waals surface area contributed by atoms with Crippen molar-refractivity contribution in [2.45, 2.75) is 32.4 Å². The molecule has 0 amide bonds. The highest BCUT2D eigenvalue weighted by Crippen LogP contribution is 2.43. The summed E-state index contributed by atoms with van der Waals surface area (Å²) < 4.78 is 37.3. The maximum absolute atomic E-state index is 16.0. The third-order valence-corrected chi connectivity index (χ3v) is 13.1. The Kier molecular flexibility index (Phi) is 9.26. The fourth-order valence-electron chi connectivity index (χ4n) is 5.77. The normalized spacial score (nSPS) is 11.9. The van der Waals surface area contributed by atoms with Crippen molar-refractivity contribution in [2.75, 3.05) is 18.8 Å². The van der Waals surface area contributed by atoms with Crippen LogP contribution in [0, 0.1) is 5.82 Å². The van der Waals surface area contributed by atoms with Crippen molar-refractivity contribution in [3.8, 4) is 11.5 Å². The molecular weight excluding hydrogens is 633 g/mol. The Balaban J connectivity index is 1.54. The molecule has 0 bridgehead atoms. The van der Waals surface area contributed by atoms with Gasteiger partial charge in [-0.3, -0.25) is 0 Å². The predicted molar refractivity (Wildman–Crippen MR) is 186 cm³/mol. The first-order valence-electron chi connectivity index (χ1n) is 15.2. The van der Waals surface area contributed by atoms with Gasteiger partial charge in [-0.1, -0.05) is 93.0 Å². The van der Waals surface area contributed by atoms with Crippen LogP contribution < -0.4 is 24.9 Å². The van der Waals surface area contributed by atoms with Crippen LogP contribution in [-0.2, 0) is 11.1 Å². The summed E-state index contributed by atoms with van der Waals surface area (Å²) in [4.78, 5) is 13.4. The van der Waals surface area contributed by atoms with Crippen molar-refractivity contribution >= 4 is 52.7 Å². The predicted octanol–water partition coefficient (Wildman–Crippen LogP) is 7.34. The molecule has 0 N–H and O–H groups in total. The highest BCUT2D eigenvalue weighted by molar-refractivity contribution is 6.99. The molecule has 0 aliphatic rings. The Morgan fingerprint density at radius 2 is 1.60 bits per heavy atom. The molecule has 11 heteroatoms. The molecule has 4 aromatic carbocycles. The van der Waals surface area contributed by atoms with Gasteiger partial charge in [0.25, 0.3) is 8.32 Å². The van der Waals surface area contributed by atoms with Crippen LogP contribution in [0.5, 0.6) is 11.5 Å². The van der Waals surface area contributed by atoms with Crippen LogP contribution >= 0.6 is 11.6 Å². The summed E-state index contributed by atoms with van der Waals surface area (Å²) >= 11 is 6.24. The van der Waals surface area contributed by atoms with Crippen LogP contribution in [0.1, 0.15) is 20.8 Å². The number of benzene rings is 4. The summed E-state index contributed by atoms with van der Waals surface area (Å²) in [7, 11) is -1.70. The highest BCUT2D eigenvalue weighted by atomic mass is 35.5. The molecule has 0 saturated heterocycles. The summed E-state index contributed by atoms with van der Waals surface area (Å²) in [5.41, 5.74) is 0.723. The first kappa shape index (κ1) is 32.2. The van der Waals surface area contributed by atoms with E-state index in [1.807, 2.05) is 47.2 Å². The van der Waals surface area contributed by atoms with Crippen LogP contribution in [-0.4, -0.2) is 41.6 Å². The van der Waals surface area contributed by atoms with E-state index in [-0.39, 0.29) is 10.7 Å². The average Bonchev–Trinajstić information content (AvgIpc) is 3.59. The zero-order valence-electron chi connectivity index (χ0n) is 26.6. The quantitative estimate of drug-likeness (QED) is 0.106. The lowest BCUT2D eigenvalue weighted by atomic mass is 10.2.